The molecule has 0 bridgehead atoms. The minimum absolute atomic E-state index is 0.0716. The Morgan fingerprint density at radius 2 is 1.94 bits per heavy atom. The van der Waals surface area contributed by atoms with Crippen LogP contribution in [0.25, 0.3) is 0 Å². The SMILES string of the molecule is CC(=O)c1c(C)oc(NC(=O)CCl)c1C(N)=O. The van der Waals surface area contributed by atoms with Gasteiger partial charge in [0, 0.05) is 0 Å². The van der Waals surface area contributed by atoms with Gasteiger partial charge in [-0.05, 0) is 13.8 Å². The van der Waals surface area contributed by atoms with Crippen LogP contribution in [0.3, 0.4) is 0 Å². The average Bonchev–Trinajstić information content (AvgIpc) is 2.54. The van der Waals surface area contributed by atoms with Gasteiger partial charge in [-0.25, -0.2) is 0 Å². The molecule has 1 aromatic heterocycles. The van der Waals surface area contributed by atoms with Crippen molar-refractivity contribution in [3.8, 4) is 0 Å². The summed E-state index contributed by atoms with van der Waals surface area (Å²) >= 11 is 5.31. The van der Waals surface area contributed by atoms with E-state index < -0.39 is 11.8 Å². The van der Waals surface area contributed by atoms with Gasteiger partial charge < -0.3 is 10.2 Å². The van der Waals surface area contributed by atoms with Crippen molar-refractivity contribution < 1.29 is 18.8 Å². The first-order valence-electron chi connectivity index (χ1n) is 4.68. The zero-order valence-electron chi connectivity index (χ0n) is 9.30. The first-order chi connectivity index (χ1) is 7.88. The van der Waals surface area contributed by atoms with Gasteiger partial charge in [-0.3, -0.25) is 19.7 Å². The normalized spacial score (nSPS) is 10.1. The van der Waals surface area contributed by atoms with E-state index >= 15 is 0 Å². The van der Waals surface area contributed by atoms with Crippen molar-refractivity contribution in [2.24, 2.45) is 5.73 Å². The maximum absolute atomic E-state index is 11.4. The summed E-state index contributed by atoms with van der Waals surface area (Å²) in [7, 11) is 0. The Hall–Kier alpha value is -1.82. The highest BCUT2D eigenvalue weighted by Gasteiger charge is 2.25. The standard InChI is InChI=1S/C10H11ClN2O4/c1-4(14)7-5(2)17-10(8(7)9(12)16)13-6(15)3-11/h3H2,1-2H3,(H2,12,16)(H,13,15). The second-order valence-electron chi connectivity index (χ2n) is 3.34. The van der Waals surface area contributed by atoms with Crippen molar-refractivity contribution in [3.63, 3.8) is 0 Å². The van der Waals surface area contributed by atoms with Crippen LogP contribution in [0.2, 0.25) is 0 Å². The highest BCUT2D eigenvalue weighted by molar-refractivity contribution is 6.29. The highest BCUT2D eigenvalue weighted by atomic mass is 35.5. The molecule has 2 amide bonds. The fourth-order valence-corrected chi connectivity index (χ4v) is 1.52. The van der Waals surface area contributed by atoms with Gasteiger partial charge in [0.1, 0.15) is 17.2 Å². The molecule has 0 aromatic carbocycles. The van der Waals surface area contributed by atoms with E-state index in [4.69, 9.17) is 21.8 Å². The second kappa shape index (κ2) is 5.01. The van der Waals surface area contributed by atoms with Crippen molar-refractivity contribution in [2.75, 3.05) is 11.2 Å². The lowest BCUT2D eigenvalue weighted by Crippen LogP contribution is -2.19. The molecule has 0 aliphatic heterocycles. The first kappa shape index (κ1) is 13.2. The zero-order chi connectivity index (χ0) is 13.2. The van der Waals surface area contributed by atoms with Crippen LogP contribution in [0.5, 0.6) is 0 Å². The Bertz CT molecular complexity index is 493. The zero-order valence-corrected chi connectivity index (χ0v) is 10.1. The number of halogens is 1. The number of furan rings is 1. The third-order valence-corrected chi connectivity index (χ3v) is 2.30. The molecule has 0 fully saturated rings. The quantitative estimate of drug-likeness (QED) is 0.623. The summed E-state index contributed by atoms with van der Waals surface area (Å²) in [5.74, 6) is -2.00. The minimum Gasteiger partial charge on any atom is -0.444 e. The fourth-order valence-electron chi connectivity index (χ4n) is 1.45. The molecule has 0 unspecified atom stereocenters. The van der Waals surface area contributed by atoms with Gasteiger partial charge in [0.15, 0.2) is 5.78 Å². The molecule has 3 N–H and O–H groups in total. The Balaban J connectivity index is 3.32. The predicted octanol–water partition coefficient (Wildman–Crippen LogP) is 1.07. The van der Waals surface area contributed by atoms with Gasteiger partial charge in [0.2, 0.25) is 11.8 Å². The molecule has 0 radical (unpaired) electrons. The topological polar surface area (TPSA) is 102 Å². The molecule has 92 valence electrons. The van der Waals surface area contributed by atoms with E-state index in [-0.39, 0.29) is 34.4 Å². The molecule has 0 saturated carbocycles. The van der Waals surface area contributed by atoms with Gasteiger partial charge in [0.05, 0.1) is 5.56 Å². The van der Waals surface area contributed by atoms with Crippen molar-refractivity contribution in [1.82, 2.24) is 0 Å². The number of Topliss-reactive ketones (excluding diaryl/α,β-unsaturated/α-hetero) is 1. The van der Waals surface area contributed by atoms with Crippen LogP contribution in [0, 0.1) is 6.92 Å². The number of hydrogen-bond donors (Lipinski definition) is 2. The summed E-state index contributed by atoms with van der Waals surface area (Å²) in [6.45, 7) is 2.77. The Morgan fingerprint density at radius 1 is 1.35 bits per heavy atom. The molecule has 0 atom stereocenters. The number of primary amides is 1. The molecule has 0 aliphatic rings. The maximum Gasteiger partial charge on any atom is 0.255 e. The number of aryl methyl sites for hydroxylation is 1. The van der Waals surface area contributed by atoms with Gasteiger partial charge in [-0.1, -0.05) is 0 Å². The molecule has 0 aliphatic carbocycles. The molecule has 6 nitrogen and oxygen atoms in total. The van der Waals surface area contributed by atoms with Crippen LogP contribution in [0.1, 0.15) is 33.4 Å². The number of nitrogens with one attached hydrogen (secondary N) is 1. The van der Waals surface area contributed by atoms with Crippen molar-refractivity contribution in [2.45, 2.75) is 13.8 Å². The van der Waals surface area contributed by atoms with Crippen LogP contribution in [0.4, 0.5) is 5.88 Å². The Kier molecular flexibility index (Phi) is 3.90. The second-order valence-corrected chi connectivity index (χ2v) is 3.61. The van der Waals surface area contributed by atoms with E-state index in [1.165, 1.54) is 13.8 Å². The summed E-state index contributed by atoms with van der Waals surface area (Å²) < 4.78 is 5.13. The summed E-state index contributed by atoms with van der Waals surface area (Å²) in [5, 5.41) is 2.27. The van der Waals surface area contributed by atoms with Gasteiger partial charge in [-0.2, -0.15) is 0 Å². The third-order valence-electron chi connectivity index (χ3n) is 2.06. The number of nitrogens with two attached hydrogens (primary N) is 1. The molecule has 0 saturated heterocycles. The monoisotopic (exact) mass is 258 g/mol. The van der Waals surface area contributed by atoms with Gasteiger partial charge in [0.25, 0.3) is 5.91 Å². The molecule has 0 spiro atoms. The van der Waals surface area contributed by atoms with Gasteiger partial charge >= 0.3 is 0 Å². The molecular weight excluding hydrogens is 248 g/mol. The highest BCUT2D eigenvalue weighted by Crippen LogP contribution is 2.27. The summed E-state index contributed by atoms with van der Waals surface area (Å²) in [6, 6.07) is 0. The summed E-state index contributed by atoms with van der Waals surface area (Å²) in [6.07, 6.45) is 0. The van der Waals surface area contributed by atoms with Crippen molar-refractivity contribution >= 4 is 35.1 Å². The van der Waals surface area contributed by atoms with Gasteiger partial charge in [-0.15, -0.1) is 11.6 Å². The van der Waals surface area contributed by atoms with Crippen LogP contribution in [0.15, 0.2) is 4.42 Å². The number of amides is 2. The van der Waals surface area contributed by atoms with E-state index in [2.05, 4.69) is 5.32 Å². The Labute approximate surface area is 102 Å². The maximum atomic E-state index is 11.4. The molecular formula is C10H11ClN2O4. The number of rotatable bonds is 4. The van der Waals surface area contributed by atoms with E-state index in [0.29, 0.717) is 0 Å². The smallest absolute Gasteiger partial charge is 0.255 e. The van der Waals surface area contributed by atoms with Crippen molar-refractivity contribution in [3.05, 3.63) is 16.9 Å². The first-order valence-corrected chi connectivity index (χ1v) is 5.21. The lowest BCUT2D eigenvalue weighted by Gasteiger charge is -2.00. The minimum atomic E-state index is -0.850. The molecule has 17 heavy (non-hydrogen) atoms. The largest absolute Gasteiger partial charge is 0.444 e. The lowest BCUT2D eigenvalue weighted by molar-refractivity contribution is -0.114. The van der Waals surface area contributed by atoms with E-state index in [9.17, 15) is 14.4 Å². The number of carbonyl (C=O) groups is 3. The van der Waals surface area contributed by atoms with E-state index in [1.54, 1.807) is 0 Å². The molecule has 7 heteroatoms. The lowest BCUT2D eigenvalue weighted by atomic mass is 10.1. The molecule has 1 rings (SSSR count). The van der Waals surface area contributed by atoms with E-state index in [0.717, 1.165) is 0 Å². The van der Waals surface area contributed by atoms with E-state index in [1.807, 2.05) is 0 Å². The number of anilines is 1. The van der Waals surface area contributed by atoms with Crippen molar-refractivity contribution in [1.29, 1.82) is 0 Å². The number of hydrogen-bond acceptors (Lipinski definition) is 4. The number of carbonyl (C=O) groups excluding carboxylic acids is 3. The van der Waals surface area contributed by atoms with Crippen LogP contribution in [-0.2, 0) is 4.79 Å². The van der Waals surface area contributed by atoms with Crippen LogP contribution >= 0.6 is 11.6 Å². The van der Waals surface area contributed by atoms with Crippen LogP contribution in [-0.4, -0.2) is 23.5 Å². The molecule has 1 aromatic rings. The molecule has 1 heterocycles. The Morgan fingerprint density at radius 3 is 2.35 bits per heavy atom. The number of alkyl halides is 1. The summed E-state index contributed by atoms with van der Waals surface area (Å²) in [4.78, 5) is 33.7. The predicted molar refractivity (Wildman–Crippen MR) is 61.3 cm³/mol. The summed E-state index contributed by atoms with van der Waals surface area (Å²) in [5.41, 5.74) is 5.09. The average molecular weight is 259 g/mol. The third kappa shape index (κ3) is 2.65. The number of ketones is 1. The van der Waals surface area contributed by atoms with Crippen LogP contribution < -0.4 is 11.1 Å². The fraction of sp³-hybridized carbons (Fsp3) is 0.300.